The van der Waals surface area contributed by atoms with E-state index in [0.29, 0.717) is 11.4 Å². The maximum absolute atomic E-state index is 11.7. The predicted octanol–water partition coefficient (Wildman–Crippen LogP) is 2.76. The highest BCUT2D eigenvalue weighted by Crippen LogP contribution is 2.24. The topological polar surface area (TPSA) is 77.5 Å². The third-order valence-electron chi connectivity index (χ3n) is 2.45. The summed E-state index contributed by atoms with van der Waals surface area (Å²) in [4.78, 5) is 26.7. The molecule has 0 atom stereocenters. The Kier molecular flexibility index (Phi) is 4.87. The summed E-state index contributed by atoms with van der Waals surface area (Å²) in [6.07, 6.45) is 0.965. The van der Waals surface area contributed by atoms with Gasteiger partial charge in [0.25, 0.3) is 0 Å². The molecule has 108 valence electrons. The molecule has 1 aromatic heterocycles. The van der Waals surface area contributed by atoms with Gasteiger partial charge in [-0.2, -0.15) is 0 Å². The third-order valence-corrected chi connectivity index (χ3v) is 2.45. The number of ether oxygens (including phenoxy) is 2. The highest BCUT2D eigenvalue weighted by Gasteiger charge is 2.10. The molecule has 1 aromatic carbocycles. The standard InChI is InChI=1S/C15H14N2O4/c1-11(18)21-14-8-3-2-7-13(14)17-15(19)20-10-12-6-4-5-9-16-12/h2-9H,10H2,1H3,(H,17,19). The summed E-state index contributed by atoms with van der Waals surface area (Å²) in [5.41, 5.74) is 1.000. The summed E-state index contributed by atoms with van der Waals surface area (Å²) in [6, 6.07) is 11.9. The Balaban J connectivity index is 1.95. The fourth-order valence-corrected chi connectivity index (χ4v) is 1.58. The number of amides is 1. The first kappa shape index (κ1) is 14.5. The lowest BCUT2D eigenvalue weighted by Crippen LogP contribution is -2.15. The molecule has 21 heavy (non-hydrogen) atoms. The van der Waals surface area contributed by atoms with Crippen LogP contribution in [0.4, 0.5) is 10.5 Å². The Bertz CT molecular complexity index is 629. The average Bonchev–Trinajstić information content (AvgIpc) is 2.48. The van der Waals surface area contributed by atoms with E-state index in [9.17, 15) is 9.59 Å². The van der Waals surface area contributed by atoms with Crippen molar-refractivity contribution in [3.63, 3.8) is 0 Å². The quantitative estimate of drug-likeness (QED) is 0.690. The number of rotatable bonds is 4. The first-order valence-electron chi connectivity index (χ1n) is 6.26. The van der Waals surface area contributed by atoms with Crippen molar-refractivity contribution in [2.45, 2.75) is 13.5 Å². The molecule has 0 bridgehead atoms. The van der Waals surface area contributed by atoms with Gasteiger partial charge < -0.3 is 9.47 Å². The number of pyridine rings is 1. The smallest absolute Gasteiger partial charge is 0.412 e. The number of nitrogens with zero attached hydrogens (tertiary/aromatic N) is 1. The Hall–Kier alpha value is -2.89. The monoisotopic (exact) mass is 286 g/mol. The molecule has 0 radical (unpaired) electrons. The number of aromatic nitrogens is 1. The summed E-state index contributed by atoms with van der Waals surface area (Å²) in [6.45, 7) is 1.35. The number of benzene rings is 1. The summed E-state index contributed by atoms with van der Waals surface area (Å²) in [5, 5.41) is 2.52. The molecule has 0 aliphatic heterocycles. The van der Waals surface area contributed by atoms with Crippen molar-refractivity contribution in [1.29, 1.82) is 0 Å². The van der Waals surface area contributed by atoms with E-state index in [1.54, 1.807) is 48.7 Å². The first-order chi connectivity index (χ1) is 10.1. The van der Waals surface area contributed by atoms with Gasteiger partial charge in [-0.05, 0) is 24.3 Å². The van der Waals surface area contributed by atoms with E-state index in [4.69, 9.17) is 9.47 Å². The number of anilines is 1. The van der Waals surface area contributed by atoms with Gasteiger partial charge in [-0.15, -0.1) is 0 Å². The van der Waals surface area contributed by atoms with Crippen LogP contribution < -0.4 is 10.1 Å². The molecule has 6 nitrogen and oxygen atoms in total. The Morgan fingerprint density at radius 2 is 1.90 bits per heavy atom. The molecule has 2 rings (SSSR count). The zero-order valence-corrected chi connectivity index (χ0v) is 11.4. The molecule has 2 aromatic rings. The highest BCUT2D eigenvalue weighted by molar-refractivity contribution is 5.87. The number of esters is 1. The minimum Gasteiger partial charge on any atom is -0.443 e. The van der Waals surface area contributed by atoms with Crippen LogP contribution in [0.15, 0.2) is 48.7 Å². The number of nitrogens with one attached hydrogen (secondary N) is 1. The molecule has 1 N–H and O–H groups in total. The maximum atomic E-state index is 11.7. The van der Waals surface area contributed by atoms with Crippen molar-refractivity contribution in [1.82, 2.24) is 4.98 Å². The molecule has 0 aliphatic carbocycles. The highest BCUT2D eigenvalue weighted by atomic mass is 16.6. The van der Waals surface area contributed by atoms with Crippen molar-refractivity contribution in [3.8, 4) is 5.75 Å². The second-order valence-corrected chi connectivity index (χ2v) is 4.11. The van der Waals surface area contributed by atoms with Gasteiger partial charge in [0, 0.05) is 13.1 Å². The molecular formula is C15H14N2O4. The molecular weight excluding hydrogens is 272 g/mol. The van der Waals surface area contributed by atoms with Crippen molar-refractivity contribution < 1.29 is 19.1 Å². The number of hydrogen-bond acceptors (Lipinski definition) is 5. The molecule has 1 heterocycles. The largest absolute Gasteiger partial charge is 0.443 e. The Labute approximate surface area is 121 Å². The van der Waals surface area contributed by atoms with Crippen LogP contribution in [0.1, 0.15) is 12.6 Å². The second kappa shape index (κ2) is 7.04. The average molecular weight is 286 g/mol. The molecule has 0 saturated heterocycles. The minimum atomic E-state index is -0.653. The summed E-state index contributed by atoms with van der Waals surface area (Å²) in [5.74, 6) is -0.203. The van der Waals surface area contributed by atoms with Gasteiger partial charge in [0.05, 0.1) is 11.4 Å². The normalized spacial score (nSPS) is 9.76. The summed E-state index contributed by atoms with van der Waals surface area (Å²) in [7, 11) is 0. The fourth-order valence-electron chi connectivity index (χ4n) is 1.58. The van der Waals surface area contributed by atoms with Crippen molar-refractivity contribution >= 4 is 17.7 Å². The number of carbonyl (C=O) groups excluding carboxylic acids is 2. The van der Waals surface area contributed by atoms with E-state index >= 15 is 0 Å². The molecule has 6 heteroatoms. The molecule has 0 aliphatic rings. The lowest BCUT2D eigenvalue weighted by molar-refractivity contribution is -0.131. The zero-order valence-electron chi connectivity index (χ0n) is 11.4. The van der Waals surface area contributed by atoms with Gasteiger partial charge in [0.2, 0.25) is 0 Å². The molecule has 0 fully saturated rings. The predicted molar refractivity (Wildman–Crippen MR) is 75.8 cm³/mol. The van der Waals surface area contributed by atoms with E-state index in [1.165, 1.54) is 6.92 Å². The Morgan fingerprint density at radius 1 is 1.14 bits per heavy atom. The van der Waals surface area contributed by atoms with Crippen LogP contribution in [0, 0.1) is 0 Å². The Morgan fingerprint density at radius 3 is 2.62 bits per heavy atom. The van der Waals surface area contributed by atoms with E-state index < -0.39 is 12.1 Å². The number of para-hydroxylation sites is 2. The van der Waals surface area contributed by atoms with Crippen LogP contribution in [-0.4, -0.2) is 17.0 Å². The van der Waals surface area contributed by atoms with Crippen LogP contribution in [0.3, 0.4) is 0 Å². The van der Waals surface area contributed by atoms with E-state index in [1.807, 2.05) is 0 Å². The fraction of sp³-hybridized carbons (Fsp3) is 0.133. The third kappa shape index (κ3) is 4.61. The van der Waals surface area contributed by atoms with Gasteiger partial charge in [-0.1, -0.05) is 18.2 Å². The van der Waals surface area contributed by atoms with Crippen molar-refractivity contribution in [2.24, 2.45) is 0 Å². The lowest BCUT2D eigenvalue weighted by Gasteiger charge is -2.10. The van der Waals surface area contributed by atoms with Gasteiger partial charge in [-0.3, -0.25) is 15.1 Å². The minimum absolute atomic E-state index is 0.0579. The molecule has 0 saturated carbocycles. The second-order valence-electron chi connectivity index (χ2n) is 4.11. The van der Waals surface area contributed by atoms with Gasteiger partial charge in [0.1, 0.15) is 6.61 Å². The van der Waals surface area contributed by atoms with Gasteiger partial charge >= 0.3 is 12.1 Å². The summed E-state index contributed by atoms with van der Waals surface area (Å²) < 4.78 is 10.0. The van der Waals surface area contributed by atoms with E-state index in [-0.39, 0.29) is 12.4 Å². The van der Waals surface area contributed by atoms with Crippen LogP contribution in [0.2, 0.25) is 0 Å². The van der Waals surface area contributed by atoms with Crippen LogP contribution >= 0.6 is 0 Å². The molecule has 0 spiro atoms. The van der Waals surface area contributed by atoms with Gasteiger partial charge in [0.15, 0.2) is 5.75 Å². The van der Waals surface area contributed by atoms with E-state index in [2.05, 4.69) is 10.3 Å². The van der Waals surface area contributed by atoms with Crippen molar-refractivity contribution in [2.75, 3.05) is 5.32 Å². The summed E-state index contributed by atoms with van der Waals surface area (Å²) >= 11 is 0. The van der Waals surface area contributed by atoms with Crippen molar-refractivity contribution in [3.05, 3.63) is 54.4 Å². The van der Waals surface area contributed by atoms with Crippen LogP contribution in [0.25, 0.3) is 0 Å². The lowest BCUT2D eigenvalue weighted by atomic mass is 10.3. The maximum Gasteiger partial charge on any atom is 0.412 e. The molecule has 0 unspecified atom stereocenters. The number of hydrogen-bond donors (Lipinski definition) is 1. The first-order valence-corrected chi connectivity index (χ1v) is 6.26. The van der Waals surface area contributed by atoms with Crippen LogP contribution in [-0.2, 0) is 16.1 Å². The van der Waals surface area contributed by atoms with Gasteiger partial charge in [-0.25, -0.2) is 4.79 Å². The van der Waals surface area contributed by atoms with E-state index in [0.717, 1.165) is 0 Å². The molecule has 1 amide bonds. The SMILES string of the molecule is CC(=O)Oc1ccccc1NC(=O)OCc1ccccn1. The number of carbonyl (C=O) groups is 2. The van der Waals surface area contributed by atoms with Crippen LogP contribution in [0.5, 0.6) is 5.75 Å². The zero-order chi connectivity index (χ0) is 15.1.